The second kappa shape index (κ2) is 6.45. The van der Waals surface area contributed by atoms with Crippen LogP contribution in [0.1, 0.15) is 16.4 Å². The Morgan fingerprint density at radius 3 is 2.65 bits per heavy atom. The molecule has 2 aromatic heterocycles. The first kappa shape index (κ1) is 15.0. The molecule has 0 radical (unpaired) electrons. The highest BCUT2D eigenvalue weighted by Gasteiger charge is 2.15. The summed E-state index contributed by atoms with van der Waals surface area (Å²) in [5.41, 5.74) is 6.33. The topological polar surface area (TPSA) is 104 Å². The van der Waals surface area contributed by atoms with Crippen LogP contribution in [0.25, 0.3) is 11.3 Å². The Balaban J connectivity index is 1.67. The van der Waals surface area contributed by atoms with Gasteiger partial charge in [0.2, 0.25) is 5.89 Å². The Kier molecular flexibility index (Phi) is 4.20. The van der Waals surface area contributed by atoms with Crippen LogP contribution in [-0.2, 0) is 11.3 Å². The molecule has 7 nitrogen and oxygen atoms in total. The summed E-state index contributed by atoms with van der Waals surface area (Å²) >= 11 is 5.83. The van der Waals surface area contributed by atoms with Gasteiger partial charge in [-0.25, -0.2) is 19.7 Å². The van der Waals surface area contributed by atoms with E-state index in [4.69, 9.17) is 26.5 Å². The number of oxazole rings is 1. The molecule has 116 valence electrons. The number of hydrogen-bond donors (Lipinski definition) is 1. The number of hydrogen-bond acceptors (Lipinski definition) is 7. The lowest BCUT2D eigenvalue weighted by Gasteiger charge is -2.03. The molecule has 0 spiro atoms. The van der Waals surface area contributed by atoms with Crippen molar-refractivity contribution in [2.24, 2.45) is 0 Å². The molecule has 0 aliphatic heterocycles. The van der Waals surface area contributed by atoms with E-state index < -0.39 is 5.97 Å². The molecule has 3 aromatic rings. The van der Waals surface area contributed by atoms with Gasteiger partial charge in [-0.15, -0.1) is 0 Å². The third-order valence-electron chi connectivity index (χ3n) is 2.93. The minimum atomic E-state index is -0.693. The smallest absolute Gasteiger partial charge is 0.361 e. The molecule has 0 bridgehead atoms. The SMILES string of the molecule is Nc1nccnc1C(=O)OCc1ncc(-c2ccc(Cl)cc2)o1. The second-order valence-corrected chi connectivity index (χ2v) is 4.93. The number of anilines is 1. The van der Waals surface area contributed by atoms with Crippen molar-refractivity contribution < 1.29 is 13.9 Å². The number of carbonyl (C=O) groups excluding carboxylic acids is 1. The van der Waals surface area contributed by atoms with Gasteiger partial charge in [0.15, 0.2) is 23.9 Å². The molecular weight excluding hydrogens is 320 g/mol. The molecule has 0 fully saturated rings. The predicted octanol–water partition coefficient (Wildman–Crippen LogP) is 2.72. The molecule has 0 aliphatic carbocycles. The highest BCUT2D eigenvalue weighted by atomic mass is 35.5. The Labute approximate surface area is 136 Å². The maximum atomic E-state index is 11.9. The van der Waals surface area contributed by atoms with Crippen LogP contribution in [0.3, 0.4) is 0 Å². The highest BCUT2D eigenvalue weighted by Crippen LogP contribution is 2.22. The molecule has 0 atom stereocenters. The van der Waals surface area contributed by atoms with Crippen molar-refractivity contribution in [3.05, 3.63) is 59.5 Å². The first-order valence-corrected chi connectivity index (χ1v) is 6.95. The zero-order valence-electron chi connectivity index (χ0n) is 11.8. The molecular formula is C15H11ClN4O3. The monoisotopic (exact) mass is 330 g/mol. The third kappa shape index (κ3) is 3.46. The highest BCUT2D eigenvalue weighted by molar-refractivity contribution is 6.30. The van der Waals surface area contributed by atoms with E-state index in [0.29, 0.717) is 10.8 Å². The van der Waals surface area contributed by atoms with E-state index in [0.717, 1.165) is 5.56 Å². The lowest BCUT2D eigenvalue weighted by molar-refractivity contribution is 0.0433. The first-order valence-electron chi connectivity index (χ1n) is 6.58. The summed E-state index contributed by atoms with van der Waals surface area (Å²) in [5.74, 6) is 0.117. The van der Waals surface area contributed by atoms with Gasteiger partial charge in [0, 0.05) is 23.0 Å². The van der Waals surface area contributed by atoms with Crippen molar-refractivity contribution >= 4 is 23.4 Å². The quantitative estimate of drug-likeness (QED) is 0.733. The predicted molar refractivity (Wildman–Crippen MR) is 82.5 cm³/mol. The van der Waals surface area contributed by atoms with Crippen molar-refractivity contribution in [3.63, 3.8) is 0 Å². The fourth-order valence-electron chi connectivity index (χ4n) is 1.83. The summed E-state index contributed by atoms with van der Waals surface area (Å²) in [5, 5.41) is 0.629. The average Bonchev–Trinajstić information content (AvgIpc) is 3.03. The number of esters is 1. The minimum Gasteiger partial charge on any atom is -0.451 e. The van der Waals surface area contributed by atoms with Gasteiger partial charge < -0.3 is 14.9 Å². The van der Waals surface area contributed by atoms with Crippen LogP contribution in [0, 0.1) is 0 Å². The molecule has 0 saturated carbocycles. The van der Waals surface area contributed by atoms with E-state index >= 15 is 0 Å². The zero-order chi connectivity index (χ0) is 16.2. The van der Waals surface area contributed by atoms with Gasteiger partial charge in [0.1, 0.15) is 0 Å². The van der Waals surface area contributed by atoms with E-state index in [-0.39, 0.29) is 24.0 Å². The fourth-order valence-corrected chi connectivity index (χ4v) is 1.95. The molecule has 0 aliphatic rings. The van der Waals surface area contributed by atoms with E-state index in [2.05, 4.69) is 15.0 Å². The Morgan fingerprint density at radius 2 is 1.91 bits per heavy atom. The van der Waals surface area contributed by atoms with Crippen LogP contribution >= 0.6 is 11.6 Å². The molecule has 23 heavy (non-hydrogen) atoms. The third-order valence-corrected chi connectivity index (χ3v) is 3.18. The number of ether oxygens (including phenoxy) is 1. The van der Waals surface area contributed by atoms with Gasteiger partial charge in [-0.3, -0.25) is 0 Å². The Hall–Kier alpha value is -2.93. The second-order valence-electron chi connectivity index (χ2n) is 4.49. The summed E-state index contributed by atoms with van der Waals surface area (Å²) in [6, 6.07) is 7.10. The van der Waals surface area contributed by atoms with Crippen molar-refractivity contribution in [3.8, 4) is 11.3 Å². The van der Waals surface area contributed by atoms with E-state index in [1.54, 1.807) is 30.5 Å². The van der Waals surface area contributed by atoms with Crippen molar-refractivity contribution in [2.45, 2.75) is 6.61 Å². The standard InChI is InChI=1S/C15H11ClN4O3/c16-10-3-1-9(2-4-10)11-7-20-12(23-11)8-22-15(21)13-14(17)19-6-5-18-13/h1-7H,8H2,(H2,17,19). The number of aromatic nitrogens is 3. The zero-order valence-corrected chi connectivity index (χ0v) is 12.5. The summed E-state index contributed by atoms with van der Waals surface area (Å²) in [6.45, 7) is -0.136. The molecule has 2 heterocycles. The summed E-state index contributed by atoms with van der Waals surface area (Å²) in [6.07, 6.45) is 4.29. The molecule has 1 aromatic carbocycles. The van der Waals surface area contributed by atoms with Crippen molar-refractivity contribution in [1.29, 1.82) is 0 Å². The Morgan fingerprint density at radius 1 is 1.17 bits per heavy atom. The van der Waals surface area contributed by atoms with Crippen LogP contribution in [0.5, 0.6) is 0 Å². The summed E-state index contributed by atoms with van der Waals surface area (Å²) < 4.78 is 10.6. The first-order chi connectivity index (χ1) is 11.1. The Bertz CT molecular complexity index is 833. The molecule has 0 unspecified atom stereocenters. The maximum Gasteiger partial charge on any atom is 0.361 e. The largest absolute Gasteiger partial charge is 0.451 e. The summed E-state index contributed by atoms with van der Waals surface area (Å²) in [7, 11) is 0. The molecule has 2 N–H and O–H groups in total. The van der Waals surface area contributed by atoms with Gasteiger partial charge in [0.05, 0.1) is 6.20 Å². The van der Waals surface area contributed by atoms with E-state index in [1.165, 1.54) is 12.4 Å². The van der Waals surface area contributed by atoms with Gasteiger partial charge >= 0.3 is 5.97 Å². The number of carbonyl (C=O) groups is 1. The summed E-state index contributed by atoms with van der Waals surface area (Å²) in [4.78, 5) is 23.5. The van der Waals surface area contributed by atoms with E-state index in [9.17, 15) is 4.79 Å². The van der Waals surface area contributed by atoms with Crippen LogP contribution in [0.15, 0.2) is 47.3 Å². The minimum absolute atomic E-state index is 0.00626. The molecule has 3 rings (SSSR count). The molecule has 0 saturated heterocycles. The number of nitrogens with two attached hydrogens (primary N) is 1. The van der Waals surface area contributed by atoms with Crippen molar-refractivity contribution in [1.82, 2.24) is 15.0 Å². The number of nitrogens with zero attached hydrogens (tertiary/aromatic N) is 3. The van der Waals surface area contributed by atoms with E-state index in [1.807, 2.05) is 0 Å². The molecule has 8 heteroatoms. The van der Waals surface area contributed by atoms with Crippen molar-refractivity contribution in [2.75, 3.05) is 5.73 Å². The lowest BCUT2D eigenvalue weighted by atomic mass is 10.2. The number of benzene rings is 1. The lowest BCUT2D eigenvalue weighted by Crippen LogP contribution is -2.11. The van der Waals surface area contributed by atoms with Gasteiger partial charge in [-0.05, 0) is 24.3 Å². The van der Waals surface area contributed by atoms with Gasteiger partial charge in [-0.1, -0.05) is 11.6 Å². The number of halogens is 1. The van der Waals surface area contributed by atoms with Crippen LogP contribution in [0.2, 0.25) is 5.02 Å². The van der Waals surface area contributed by atoms with Gasteiger partial charge in [-0.2, -0.15) is 0 Å². The molecule has 0 amide bonds. The normalized spacial score (nSPS) is 10.5. The number of nitrogen functional groups attached to an aromatic ring is 1. The van der Waals surface area contributed by atoms with Crippen LogP contribution < -0.4 is 5.73 Å². The van der Waals surface area contributed by atoms with Crippen LogP contribution in [0.4, 0.5) is 5.82 Å². The van der Waals surface area contributed by atoms with Crippen LogP contribution in [-0.4, -0.2) is 20.9 Å². The average molecular weight is 331 g/mol. The maximum absolute atomic E-state index is 11.9. The fraction of sp³-hybridized carbons (Fsp3) is 0.0667. The number of rotatable bonds is 4. The van der Waals surface area contributed by atoms with Gasteiger partial charge in [0.25, 0.3) is 0 Å².